The van der Waals surface area contributed by atoms with Crippen LogP contribution in [0.1, 0.15) is 15.9 Å². The molecule has 1 aromatic heterocycles. The van der Waals surface area contributed by atoms with Gasteiger partial charge in [0.2, 0.25) is 0 Å². The lowest BCUT2D eigenvalue weighted by molar-refractivity contribution is -0.131. The van der Waals surface area contributed by atoms with Gasteiger partial charge in [-0.1, -0.05) is 48.0 Å². The average Bonchev–Trinajstić information content (AvgIpc) is 3.12. The quantitative estimate of drug-likeness (QED) is 0.654. The molecule has 0 N–H and O–H groups in total. The van der Waals surface area contributed by atoms with Gasteiger partial charge in [0.15, 0.2) is 6.61 Å². The van der Waals surface area contributed by atoms with Crippen LogP contribution in [0, 0.1) is 6.92 Å². The van der Waals surface area contributed by atoms with Crippen molar-refractivity contribution >= 4 is 11.9 Å². The molecular formula is C21H21N3O3. The number of hydrogen-bond acceptors (Lipinski definition) is 4. The van der Waals surface area contributed by atoms with Crippen LogP contribution >= 0.6 is 0 Å². The Balaban J connectivity index is 1.96. The number of carbonyl (C=O) groups is 2. The highest BCUT2D eigenvalue weighted by atomic mass is 16.5. The smallest absolute Gasteiger partial charge is 0.342 e. The topological polar surface area (TPSA) is 64.4 Å². The van der Waals surface area contributed by atoms with Crippen molar-refractivity contribution in [3.05, 3.63) is 71.9 Å². The molecule has 0 unspecified atom stereocenters. The maximum atomic E-state index is 12.6. The molecule has 0 radical (unpaired) electrons. The van der Waals surface area contributed by atoms with E-state index in [0.717, 1.165) is 16.8 Å². The van der Waals surface area contributed by atoms with Crippen LogP contribution in [0.15, 0.2) is 60.8 Å². The van der Waals surface area contributed by atoms with Crippen LogP contribution in [0.4, 0.5) is 0 Å². The monoisotopic (exact) mass is 363 g/mol. The molecule has 3 rings (SSSR count). The number of rotatable bonds is 5. The fraction of sp³-hybridized carbons (Fsp3) is 0.190. The van der Waals surface area contributed by atoms with Crippen molar-refractivity contribution in [3.63, 3.8) is 0 Å². The maximum Gasteiger partial charge on any atom is 0.342 e. The van der Waals surface area contributed by atoms with Crippen molar-refractivity contribution in [2.75, 3.05) is 20.7 Å². The number of hydrogen-bond donors (Lipinski definition) is 0. The van der Waals surface area contributed by atoms with Gasteiger partial charge in [0.1, 0.15) is 11.3 Å². The van der Waals surface area contributed by atoms with E-state index in [1.54, 1.807) is 25.0 Å². The molecule has 0 aliphatic heterocycles. The van der Waals surface area contributed by atoms with Gasteiger partial charge in [-0.3, -0.25) is 4.79 Å². The third kappa shape index (κ3) is 4.23. The van der Waals surface area contributed by atoms with E-state index in [0.29, 0.717) is 11.3 Å². The van der Waals surface area contributed by atoms with E-state index in [1.807, 2.05) is 61.5 Å². The van der Waals surface area contributed by atoms with Gasteiger partial charge in [0.25, 0.3) is 5.91 Å². The van der Waals surface area contributed by atoms with Gasteiger partial charge in [-0.2, -0.15) is 5.10 Å². The number of benzene rings is 2. The molecular weight excluding hydrogens is 342 g/mol. The Hall–Kier alpha value is -3.41. The molecule has 0 spiro atoms. The van der Waals surface area contributed by atoms with Gasteiger partial charge in [-0.05, 0) is 19.1 Å². The third-order valence-corrected chi connectivity index (χ3v) is 4.11. The second-order valence-corrected chi connectivity index (χ2v) is 6.40. The standard InChI is InChI=1S/C21H21N3O3/c1-15-9-11-17(12-10-15)24-13-18(21(26)27-14-19(25)23(2)3)20(22-24)16-7-5-4-6-8-16/h4-13H,14H2,1-3H3. The number of nitrogens with zero attached hydrogens (tertiary/aromatic N) is 3. The van der Waals surface area contributed by atoms with Crippen LogP contribution in [0.5, 0.6) is 0 Å². The first kappa shape index (κ1) is 18.4. The molecule has 138 valence electrons. The third-order valence-electron chi connectivity index (χ3n) is 4.11. The Morgan fingerprint density at radius 3 is 2.33 bits per heavy atom. The van der Waals surface area contributed by atoms with Crippen molar-refractivity contribution in [2.45, 2.75) is 6.92 Å². The summed E-state index contributed by atoms with van der Waals surface area (Å²) in [6.45, 7) is 1.70. The molecule has 27 heavy (non-hydrogen) atoms. The summed E-state index contributed by atoms with van der Waals surface area (Å²) < 4.78 is 6.84. The van der Waals surface area contributed by atoms with Crippen LogP contribution in [0.3, 0.4) is 0 Å². The molecule has 6 heteroatoms. The summed E-state index contributed by atoms with van der Waals surface area (Å²) >= 11 is 0. The molecule has 3 aromatic rings. The number of ether oxygens (including phenoxy) is 1. The van der Waals surface area contributed by atoms with E-state index in [9.17, 15) is 9.59 Å². The van der Waals surface area contributed by atoms with Gasteiger partial charge in [0, 0.05) is 25.9 Å². The SMILES string of the molecule is Cc1ccc(-n2cc(C(=O)OCC(=O)N(C)C)c(-c3ccccc3)n2)cc1. The second-order valence-electron chi connectivity index (χ2n) is 6.40. The normalized spacial score (nSPS) is 10.5. The first-order chi connectivity index (χ1) is 13.0. The molecule has 2 aromatic carbocycles. The van der Waals surface area contributed by atoms with Crippen molar-refractivity contribution < 1.29 is 14.3 Å². The Kier molecular flexibility index (Phi) is 5.35. The summed E-state index contributed by atoms with van der Waals surface area (Å²) in [6, 6.07) is 17.2. The zero-order valence-electron chi connectivity index (χ0n) is 15.5. The second kappa shape index (κ2) is 7.86. The zero-order chi connectivity index (χ0) is 19.4. The molecule has 1 heterocycles. The number of aryl methyl sites for hydroxylation is 1. The molecule has 0 atom stereocenters. The van der Waals surface area contributed by atoms with Crippen LogP contribution < -0.4 is 0 Å². The summed E-state index contributed by atoms with van der Waals surface area (Å²) in [7, 11) is 3.22. The number of carbonyl (C=O) groups excluding carboxylic acids is 2. The number of likely N-dealkylation sites (N-methyl/N-ethyl adjacent to an activating group) is 1. The maximum absolute atomic E-state index is 12.6. The molecule has 6 nitrogen and oxygen atoms in total. The van der Waals surface area contributed by atoms with Crippen LogP contribution in [0.2, 0.25) is 0 Å². The number of esters is 1. The first-order valence-corrected chi connectivity index (χ1v) is 8.55. The van der Waals surface area contributed by atoms with E-state index in [4.69, 9.17) is 4.74 Å². The van der Waals surface area contributed by atoms with Gasteiger partial charge >= 0.3 is 5.97 Å². The number of aromatic nitrogens is 2. The molecule has 1 amide bonds. The minimum Gasteiger partial charge on any atom is -0.452 e. The van der Waals surface area contributed by atoms with Crippen molar-refractivity contribution in [3.8, 4) is 16.9 Å². The lowest BCUT2D eigenvalue weighted by Crippen LogP contribution is -2.27. The van der Waals surface area contributed by atoms with Crippen molar-refractivity contribution in [1.82, 2.24) is 14.7 Å². The Morgan fingerprint density at radius 1 is 1.04 bits per heavy atom. The minimum absolute atomic E-state index is 0.282. The first-order valence-electron chi connectivity index (χ1n) is 8.55. The average molecular weight is 363 g/mol. The van der Waals surface area contributed by atoms with E-state index >= 15 is 0 Å². The predicted octanol–water partition coefficient (Wildman–Crippen LogP) is 3.09. The van der Waals surface area contributed by atoms with Crippen LogP contribution in [0.25, 0.3) is 16.9 Å². The summed E-state index contributed by atoms with van der Waals surface area (Å²) in [5.41, 5.74) is 3.60. The minimum atomic E-state index is -0.581. The molecule has 0 saturated carbocycles. The summed E-state index contributed by atoms with van der Waals surface area (Å²) in [5, 5.41) is 4.58. The van der Waals surface area contributed by atoms with Crippen molar-refractivity contribution in [1.29, 1.82) is 0 Å². The summed E-state index contributed by atoms with van der Waals surface area (Å²) in [6.07, 6.45) is 1.63. The summed E-state index contributed by atoms with van der Waals surface area (Å²) in [4.78, 5) is 25.7. The lowest BCUT2D eigenvalue weighted by Gasteiger charge is -2.10. The van der Waals surface area contributed by atoms with E-state index in [-0.39, 0.29) is 12.5 Å². The predicted molar refractivity (Wildman–Crippen MR) is 103 cm³/mol. The lowest BCUT2D eigenvalue weighted by atomic mass is 10.1. The molecule has 0 aliphatic carbocycles. The molecule has 0 bridgehead atoms. The molecule has 0 aliphatic rings. The Bertz CT molecular complexity index is 945. The van der Waals surface area contributed by atoms with Gasteiger partial charge in [0.05, 0.1) is 5.69 Å². The van der Waals surface area contributed by atoms with Gasteiger partial charge in [-0.15, -0.1) is 0 Å². The Labute approximate surface area is 158 Å². The zero-order valence-corrected chi connectivity index (χ0v) is 15.5. The fourth-order valence-electron chi connectivity index (χ4n) is 2.50. The summed E-state index contributed by atoms with van der Waals surface area (Å²) in [5.74, 6) is -0.863. The molecule has 0 fully saturated rings. The van der Waals surface area contributed by atoms with E-state index in [2.05, 4.69) is 5.10 Å². The van der Waals surface area contributed by atoms with Crippen molar-refractivity contribution in [2.24, 2.45) is 0 Å². The highest BCUT2D eigenvalue weighted by molar-refractivity contribution is 5.97. The van der Waals surface area contributed by atoms with Crippen LogP contribution in [-0.4, -0.2) is 47.3 Å². The van der Waals surface area contributed by atoms with E-state index < -0.39 is 5.97 Å². The highest BCUT2D eigenvalue weighted by Gasteiger charge is 2.21. The van der Waals surface area contributed by atoms with Gasteiger partial charge in [-0.25, -0.2) is 9.48 Å². The van der Waals surface area contributed by atoms with E-state index in [1.165, 1.54) is 4.90 Å². The fourth-order valence-corrected chi connectivity index (χ4v) is 2.50. The Morgan fingerprint density at radius 2 is 1.70 bits per heavy atom. The van der Waals surface area contributed by atoms with Gasteiger partial charge < -0.3 is 9.64 Å². The highest BCUT2D eigenvalue weighted by Crippen LogP contribution is 2.24. The molecule has 0 saturated heterocycles. The number of amides is 1. The largest absolute Gasteiger partial charge is 0.452 e. The van der Waals surface area contributed by atoms with Crippen LogP contribution in [-0.2, 0) is 9.53 Å².